The molecule has 2 bridgehead atoms. The standard InChI is InChI=1S/C17H32N2O3/c1-17(2,3)22-16(21)19-14-7-8-15(19)12-13(11-14)18-9-5-4-6-10-20/h13-15,18,20H,4-12H2,1-3H3. The Hall–Kier alpha value is -0.810. The molecule has 128 valence electrons. The molecule has 2 unspecified atom stereocenters. The van der Waals surface area contributed by atoms with Crippen LogP contribution in [0.1, 0.15) is 65.7 Å². The van der Waals surface area contributed by atoms with Gasteiger partial charge in [0.15, 0.2) is 0 Å². The highest BCUT2D eigenvalue weighted by Crippen LogP contribution is 2.36. The van der Waals surface area contributed by atoms with Crippen molar-refractivity contribution in [1.82, 2.24) is 10.2 Å². The molecule has 2 aliphatic heterocycles. The summed E-state index contributed by atoms with van der Waals surface area (Å²) in [5, 5.41) is 12.4. The minimum atomic E-state index is -0.418. The van der Waals surface area contributed by atoms with E-state index in [0.29, 0.717) is 24.7 Å². The summed E-state index contributed by atoms with van der Waals surface area (Å²) in [4.78, 5) is 14.4. The summed E-state index contributed by atoms with van der Waals surface area (Å²) in [5.41, 5.74) is -0.418. The zero-order valence-electron chi connectivity index (χ0n) is 14.3. The first-order valence-corrected chi connectivity index (χ1v) is 8.76. The van der Waals surface area contributed by atoms with Crippen molar-refractivity contribution >= 4 is 6.09 Å². The van der Waals surface area contributed by atoms with Gasteiger partial charge in [0.2, 0.25) is 0 Å². The predicted molar refractivity (Wildman–Crippen MR) is 86.8 cm³/mol. The topological polar surface area (TPSA) is 61.8 Å². The summed E-state index contributed by atoms with van der Waals surface area (Å²) in [6.07, 6.45) is 7.23. The summed E-state index contributed by atoms with van der Waals surface area (Å²) in [6, 6.07) is 1.19. The molecule has 2 atom stereocenters. The zero-order chi connectivity index (χ0) is 16.2. The van der Waals surface area contributed by atoms with Crippen molar-refractivity contribution in [3.05, 3.63) is 0 Å². The molecule has 5 heteroatoms. The highest BCUT2D eigenvalue weighted by Gasteiger charge is 2.44. The SMILES string of the molecule is CC(C)(C)OC(=O)N1C2CCC1CC(NCCCCCO)C2. The molecule has 2 saturated heterocycles. The van der Waals surface area contributed by atoms with Gasteiger partial charge in [-0.15, -0.1) is 0 Å². The lowest BCUT2D eigenvalue weighted by molar-refractivity contribution is 0.00475. The van der Waals surface area contributed by atoms with Gasteiger partial charge in [-0.2, -0.15) is 0 Å². The predicted octanol–water partition coefficient (Wildman–Crippen LogP) is 2.67. The van der Waals surface area contributed by atoms with Gasteiger partial charge in [-0.3, -0.25) is 0 Å². The van der Waals surface area contributed by atoms with E-state index in [9.17, 15) is 4.79 Å². The first-order chi connectivity index (χ1) is 10.4. The second-order valence-electron chi connectivity index (χ2n) is 7.68. The molecular weight excluding hydrogens is 280 g/mol. The number of hydrogen-bond donors (Lipinski definition) is 2. The van der Waals surface area contributed by atoms with E-state index in [4.69, 9.17) is 9.84 Å². The second kappa shape index (κ2) is 7.64. The molecule has 0 radical (unpaired) electrons. The average Bonchev–Trinajstić information content (AvgIpc) is 2.68. The second-order valence-corrected chi connectivity index (χ2v) is 7.68. The van der Waals surface area contributed by atoms with Crippen LogP contribution in [-0.4, -0.2) is 53.0 Å². The third-order valence-corrected chi connectivity index (χ3v) is 4.61. The van der Waals surface area contributed by atoms with Crippen molar-refractivity contribution in [3.8, 4) is 0 Å². The maximum absolute atomic E-state index is 12.4. The first kappa shape index (κ1) is 17.5. The fourth-order valence-electron chi connectivity index (χ4n) is 3.68. The van der Waals surface area contributed by atoms with E-state index in [1.54, 1.807) is 0 Å². The normalized spacial score (nSPS) is 28.0. The van der Waals surface area contributed by atoms with Crippen molar-refractivity contribution in [1.29, 1.82) is 0 Å². The molecule has 2 fully saturated rings. The number of hydrogen-bond acceptors (Lipinski definition) is 4. The van der Waals surface area contributed by atoms with Gasteiger partial charge in [-0.1, -0.05) is 0 Å². The Morgan fingerprint density at radius 1 is 1.18 bits per heavy atom. The van der Waals surface area contributed by atoms with Crippen LogP contribution in [0.2, 0.25) is 0 Å². The number of fused-ring (bicyclic) bond motifs is 2. The van der Waals surface area contributed by atoms with E-state index in [0.717, 1.165) is 51.5 Å². The summed E-state index contributed by atoms with van der Waals surface area (Å²) in [6.45, 7) is 7.07. The molecule has 2 rings (SSSR count). The lowest BCUT2D eigenvalue weighted by atomic mass is 9.97. The van der Waals surface area contributed by atoms with Crippen LogP contribution < -0.4 is 5.32 Å². The lowest BCUT2D eigenvalue weighted by Crippen LogP contribution is -2.52. The molecule has 22 heavy (non-hydrogen) atoms. The molecule has 0 aromatic rings. The quantitative estimate of drug-likeness (QED) is 0.740. The van der Waals surface area contributed by atoms with Gasteiger partial charge in [-0.25, -0.2) is 4.79 Å². The maximum atomic E-state index is 12.4. The number of piperidine rings is 1. The molecule has 0 spiro atoms. The average molecular weight is 312 g/mol. The van der Waals surface area contributed by atoms with Gasteiger partial charge in [0.25, 0.3) is 0 Å². The Morgan fingerprint density at radius 3 is 2.36 bits per heavy atom. The number of ether oxygens (including phenoxy) is 1. The van der Waals surface area contributed by atoms with Crippen LogP contribution in [0.3, 0.4) is 0 Å². The third-order valence-electron chi connectivity index (χ3n) is 4.61. The number of nitrogens with zero attached hydrogens (tertiary/aromatic N) is 1. The van der Waals surface area contributed by atoms with Gasteiger partial charge in [-0.05, 0) is 72.3 Å². The fourth-order valence-corrected chi connectivity index (χ4v) is 3.68. The summed E-state index contributed by atoms with van der Waals surface area (Å²) >= 11 is 0. The van der Waals surface area contributed by atoms with Gasteiger partial charge in [0.05, 0.1) is 0 Å². The highest BCUT2D eigenvalue weighted by atomic mass is 16.6. The monoisotopic (exact) mass is 312 g/mol. The third kappa shape index (κ3) is 4.85. The summed E-state index contributed by atoms with van der Waals surface area (Å²) in [7, 11) is 0. The molecule has 0 aromatic carbocycles. The molecule has 1 amide bonds. The Kier molecular flexibility index (Phi) is 6.09. The van der Waals surface area contributed by atoms with Crippen LogP contribution in [0.5, 0.6) is 0 Å². The lowest BCUT2D eigenvalue weighted by Gasteiger charge is -2.39. The molecule has 0 aromatic heterocycles. The number of amides is 1. The van der Waals surface area contributed by atoms with Crippen LogP contribution in [-0.2, 0) is 4.74 Å². The van der Waals surface area contributed by atoms with Crippen molar-refractivity contribution in [2.24, 2.45) is 0 Å². The van der Waals surface area contributed by atoms with E-state index >= 15 is 0 Å². The number of unbranched alkanes of at least 4 members (excludes halogenated alkanes) is 2. The number of carbonyl (C=O) groups is 1. The van der Waals surface area contributed by atoms with Crippen LogP contribution in [0.15, 0.2) is 0 Å². The summed E-state index contributed by atoms with van der Waals surface area (Å²) < 4.78 is 5.56. The number of nitrogens with one attached hydrogen (secondary N) is 1. The highest BCUT2D eigenvalue weighted by molar-refractivity contribution is 5.69. The molecule has 0 aliphatic carbocycles. The van der Waals surface area contributed by atoms with Gasteiger partial charge in [0, 0.05) is 24.7 Å². The number of aliphatic hydroxyl groups excluding tert-OH is 1. The fraction of sp³-hybridized carbons (Fsp3) is 0.941. The molecule has 2 N–H and O–H groups in total. The Bertz CT molecular complexity index is 353. The van der Waals surface area contributed by atoms with Crippen molar-refractivity contribution < 1.29 is 14.6 Å². The minimum Gasteiger partial charge on any atom is -0.444 e. The van der Waals surface area contributed by atoms with Gasteiger partial charge in [0.1, 0.15) is 5.60 Å². The Morgan fingerprint density at radius 2 is 1.82 bits per heavy atom. The van der Waals surface area contributed by atoms with Crippen LogP contribution in [0, 0.1) is 0 Å². The summed E-state index contributed by atoms with van der Waals surface area (Å²) in [5.74, 6) is 0. The smallest absolute Gasteiger partial charge is 0.410 e. The molecular formula is C17H32N2O3. The van der Waals surface area contributed by atoms with E-state index in [1.165, 1.54) is 0 Å². The number of rotatable bonds is 6. The largest absolute Gasteiger partial charge is 0.444 e. The van der Waals surface area contributed by atoms with Crippen molar-refractivity contribution in [2.45, 2.75) is 89.4 Å². The van der Waals surface area contributed by atoms with E-state index in [-0.39, 0.29) is 6.09 Å². The first-order valence-electron chi connectivity index (χ1n) is 8.76. The Balaban J connectivity index is 1.78. The van der Waals surface area contributed by atoms with E-state index in [2.05, 4.69) is 5.32 Å². The minimum absolute atomic E-state index is 0.138. The van der Waals surface area contributed by atoms with E-state index in [1.807, 2.05) is 25.7 Å². The van der Waals surface area contributed by atoms with Crippen LogP contribution in [0.25, 0.3) is 0 Å². The Labute approximate surface area is 134 Å². The number of carbonyl (C=O) groups excluding carboxylic acids is 1. The van der Waals surface area contributed by atoms with Crippen LogP contribution in [0.4, 0.5) is 4.79 Å². The number of aliphatic hydroxyl groups is 1. The molecule has 2 aliphatic rings. The molecule has 2 heterocycles. The molecule has 0 saturated carbocycles. The zero-order valence-corrected chi connectivity index (χ0v) is 14.3. The van der Waals surface area contributed by atoms with Crippen molar-refractivity contribution in [3.63, 3.8) is 0 Å². The van der Waals surface area contributed by atoms with E-state index < -0.39 is 5.60 Å². The van der Waals surface area contributed by atoms with Gasteiger partial charge >= 0.3 is 6.09 Å². The molecule has 5 nitrogen and oxygen atoms in total. The van der Waals surface area contributed by atoms with Crippen LogP contribution >= 0.6 is 0 Å². The van der Waals surface area contributed by atoms with Crippen molar-refractivity contribution in [2.75, 3.05) is 13.2 Å². The van der Waals surface area contributed by atoms with Gasteiger partial charge < -0.3 is 20.1 Å². The maximum Gasteiger partial charge on any atom is 0.410 e.